The summed E-state index contributed by atoms with van der Waals surface area (Å²) in [4.78, 5) is 8.42. The van der Waals surface area contributed by atoms with Crippen LogP contribution in [0.4, 0.5) is 5.82 Å². The number of aryl methyl sites for hydroxylation is 1. The van der Waals surface area contributed by atoms with Gasteiger partial charge in [0.1, 0.15) is 17.4 Å². The third-order valence-corrected chi connectivity index (χ3v) is 2.62. The van der Waals surface area contributed by atoms with Gasteiger partial charge in [0.25, 0.3) is 0 Å². The van der Waals surface area contributed by atoms with Crippen molar-refractivity contribution in [2.24, 2.45) is 0 Å². The van der Waals surface area contributed by atoms with E-state index in [1.54, 1.807) is 13.1 Å². The Morgan fingerprint density at radius 2 is 1.95 bits per heavy atom. The molecule has 1 aromatic heterocycles. The van der Waals surface area contributed by atoms with Crippen LogP contribution in [0.3, 0.4) is 0 Å². The lowest BCUT2D eigenvalue weighted by molar-refractivity contribution is 0.299. The average molecular weight is 259 g/mol. The molecule has 2 aromatic rings. The van der Waals surface area contributed by atoms with E-state index in [0.29, 0.717) is 23.9 Å². The lowest BCUT2D eigenvalue weighted by atomic mass is 10.1. The summed E-state index contributed by atoms with van der Waals surface area (Å²) < 4.78 is 5.68. The first-order valence-electron chi connectivity index (χ1n) is 6.12. The molecule has 100 valence electrons. The SMILES string of the molecule is CNc1cc(Oc2ccc(CCO)cc2)nc(C)n1. The first-order chi connectivity index (χ1) is 9.21. The Hall–Kier alpha value is -2.14. The van der Waals surface area contributed by atoms with Crippen molar-refractivity contribution in [3.8, 4) is 11.6 Å². The van der Waals surface area contributed by atoms with Gasteiger partial charge < -0.3 is 15.2 Å². The van der Waals surface area contributed by atoms with E-state index >= 15 is 0 Å². The minimum absolute atomic E-state index is 0.150. The van der Waals surface area contributed by atoms with Gasteiger partial charge in [0.05, 0.1) is 0 Å². The van der Waals surface area contributed by atoms with Crippen molar-refractivity contribution in [1.29, 1.82) is 0 Å². The fourth-order valence-electron chi connectivity index (χ4n) is 1.69. The molecule has 0 unspecified atom stereocenters. The number of aliphatic hydroxyl groups excluding tert-OH is 1. The molecule has 0 amide bonds. The summed E-state index contributed by atoms with van der Waals surface area (Å²) in [7, 11) is 1.80. The Bertz CT molecular complexity index is 541. The maximum atomic E-state index is 8.86. The molecule has 0 radical (unpaired) electrons. The zero-order valence-corrected chi connectivity index (χ0v) is 11.1. The van der Waals surface area contributed by atoms with Gasteiger partial charge in [0.2, 0.25) is 5.88 Å². The molecule has 0 bridgehead atoms. The molecular weight excluding hydrogens is 242 g/mol. The number of benzene rings is 1. The van der Waals surface area contributed by atoms with Gasteiger partial charge in [-0.3, -0.25) is 0 Å². The normalized spacial score (nSPS) is 10.3. The lowest BCUT2D eigenvalue weighted by Crippen LogP contribution is -1.98. The number of anilines is 1. The second-order valence-corrected chi connectivity index (χ2v) is 4.11. The van der Waals surface area contributed by atoms with E-state index in [1.807, 2.05) is 31.2 Å². The van der Waals surface area contributed by atoms with Crippen molar-refractivity contribution in [1.82, 2.24) is 9.97 Å². The first kappa shape index (κ1) is 13.3. The molecule has 0 saturated carbocycles. The van der Waals surface area contributed by atoms with Crippen molar-refractivity contribution in [3.05, 3.63) is 41.7 Å². The van der Waals surface area contributed by atoms with E-state index in [0.717, 1.165) is 11.4 Å². The van der Waals surface area contributed by atoms with Crippen molar-refractivity contribution in [3.63, 3.8) is 0 Å². The summed E-state index contributed by atoms with van der Waals surface area (Å²) in [6.07, 6.45) is 0.650. The Kier molecular flexibility index (Phi) is 4.30. The molecular formula is C14H17N3O2. The van der Waals surface area contributed by atoms with E-state index in [-0.39, 0.29) is 6.61 Å². The molecule has 0 aliphatic rings. The quantitative estimate of drug-likeness (QED) is 0.861. The van der Waals surface area contributed by atoms with Crippen LogP contribution in [0.2, 0.25) is 0 Å². The molecule has 0 fully saturated rings. The molecule has 1 heterocycles. The average Bonchev–Trinajstić information content (AvgIpc) is 2.40. The van der Waals surface area contributed by atoms with Gasteiger partial charge in [0, 0.05) is 19.7 Å². The second-order valence-electron chi connectivity index (χ2n) is 4.11. The van der Waals surface area contributed by atoms with Crippen LogP contribution in [0.5, 0.6) is 11.6 Å². The molecule has 2 rings (SSSR count). The number of hydrogen-bond acceptors (Lipinski definition) is 5. The Morgan fingerprint density at radius 3 is 2.58 bits per heavy atom. The smallest absolute Gasteiger partial charge is 0.224 e. The maximum Gasteiger partial charge on any atom is 0.224 e. The molecule has 1 aromatic carbocycles. The summed E-state index contributed by atoms with van der Waals surface area (Å²) in [5, 5.41) is 11.8. The van der Waals surface area contributed by atoms with Gasteiger partial charge in [-0.2, -0.15) is 4.98 Å². The summed E-state index contributed by atoms with van der Waals surface area (Å²) in [6.45, 7) is 1.97. The third kappa shape index (κ3) is 3.66. The van der Waals surface area contributed by atoms with Crippen molar-refractivity contribution < 1.29 is 9.84 Å². The highest BCUT2D eigenvalue weighted by molar-refractivity contribution is 5.39. The topological polar surface area (TPSA) is 67.3 Å². The third-order valence-electron chi connectivity index (χ3n) is 2.62. The van der Waals surface area contributed by atoms with Crippen LogP contribution in [0.15, 0.2) is 30.3 Å². The summed E-state index contributed by atoms with van der Waals surface area (Å²) >= 11 is 0. The van der Waals surface area contributed by atoms with Crippen LogP contribution in [0.1, 0.15) is 11.4 Å². The Morgan fingerprint density at radius 1 is 1.21 bits per heavy atom. The van der Waals surface area contributed by atoms with Crippen LogP contribution in [0.25, 0.3) is 0 Å². The molecule has 19 heavy (non-hydrogen) atoms. The minimum Gasteiger partial charge on any atom is -0.439 e. The molecule has 0 aliphatic carbocycles. The number of nitrogens with one attached hydrogen (secondary N) is 1. The van der Waals surface area contributed by atoms with E-state index in [1.165, 1.54) is 0 Å². The zero-order chi connectivity index (χ0) is 13.7. The molecule has 2 N–H and O–H groups in total. The minimum atomic E-state index is 0.150. The van der Waals surface area contributed by atoms with E-state index in [2.05, 4.69) is 15.3 Å². The maximum absolute atomic E-state index is 8.86. The Labute approximate surface area is 112 Å². The summed E-state index contributed by atoms with van der Waals surface area (Å²) in [5.41, 5.74) is 1.07. The fraction of sp³-hybridized carbons (Fsp3) is 0.286. The number of hydrogen-bond donors (Lipinski definition) is 2. The largest absolute Gasteiger partial charge is 0.439 e. The molecule has 5 heteroatoms. The van der Waals surface area contributed by atoms with Gasteiger partial charge in [-0.25, -0.2) is 4.98 Å². The van der Waals surface area contributed by atoms with Gasteiger partial charge in [0.15, 0.2) is 0 Å². The molecule has 0 spiro atoms. The monoisotopic (exact) mass is 259 g/mol. The zero-order valence-electron chi connectivity index (χ0n) is 11.1. The van der Waals surface area contributed by atoms with Gasteiger partial charge in [-0.05, 0) is 31.0 Å². The lowest BCUT2D eigenvalue weighted by Gasteiger charge is -2.08. The standard InChI is InChI=1S/C14H17N3O2/c1-10-16-13(15-2)9-14(17-10)19-12-5-3-11(4-6-12)7-8-18/h3-6,9,18H,7-8H2,1-2H3,(H,15,16,17). The van der Waals surface area contributed by atoms with Gasteiger partial charge in [-0.1, -0.05) is 12.1 Å². The van der Waals surface area contributed by atoms with Crippen molar-refractivity contribution >= 4 is 5.82 Å². The Balaban J connectivity index is 2.14. The van der Waals surface area contributed by atoms with Crippen LogP contribution in [-0.2, 0) is 6.42 Å². The number of aromatic nitrogens is 2. The molecule has 0 saturated heterocycles. The molecule has 0 atom stereocenters. The van der Waals surface area contributed by atoms with Gasteiger partial charge >= 0.3 is 0 Å². The van der Waals surface area contributed by atoms with Gasteiger partial charge in [-0.15, -0.1) is 0 Å². The molecule has 5 nitrogen and oxygen atoms in total. The predicted octanol–water partition coefficient (Wildman–Crippen LogP) is 2.15. The van der Waals surface area contributed by atoms with Crippen molar-refractivity contribution in [2.45, 2.75) is 13.3 Å². The highest BCUT2D eigenvalue weighted by Gasteiger charge is 2.03. The summed E-state index contributed by atoms with van der Waals surface area (Å²) in [6, 6.07) is 9.33. The fourth-order valence-corrected chi connectivity index (χ4v) is 1.69. The van der Waals surface area contributed by atoms with Crippen LogP contribution in [0, 0.1) is 6.92 Å². The second kappa shape index (κ2) is 6.15. The number of aliphatic hydroxyl groups is 1. The predicted molar refractivity (Wildman–Crippen MR) is 73.6 cm³/mol. The van der Waals surface area contributed by atoms with Crippen LogP contribution < -0.4 is 10.1 Å². The summed E-state index contributed by atoms with van der Waals surface area (Å²) in [5.74, 6) is 2.59. The number of rotatable bonds is 5. The molecule has 0 aliphatic heterocycles. The van der Waals surface area contributed by atoms with E-state index < -0.39 is 0 Å². The van der Waals surface area contributed by atoms with Crippen LogP contribution in [-0.4, -0.2) is 28.7 Å². The van der Waals surface area contributed by atoms with E-state index in [9.17, 15) is 0 Å². The number of ether oxygens (including phenoxy) is 1. The van der Waals surface area contributed by atoms with Crippen molar-refractivity contribution in [2.75, 3.05) is 19.0 Å². The highest BCUT2D eigenvalue weighted by atomic mass is 16.5. The number of nitrogens with zero attached hydrogens (tertiary/aromatic N) is 2. The van der Waals surface area contributed by atoms with E-state index in [4.69, 9.17) is 9.84 Å². The first-order valence-corrected chi connectivity index (χ1v) is 6.12. The highest BCUT2D eigenvalue weighted by Crippen LogP contribution is 2.21. The van der Waals surface area contributed by atoms with Crippen LogP contribution >= 0.6 is 0 Å².